The number of aryl methyl sites for hydroxylation is 1. The van der Waals surface area contributed by atoms with E-state index >= 15 is 0 Å². The molecule has 1 aliphatic rings. The third kappa shape index (κ3) is 4.41. The second kappa shape index (κ2) is 7.14. The van der Waals surface area contributed by atoms with Crippen molar-refractivity contribution in [3.63, 3.8) is 0 Å². The van der Waals surface area contributed by atoms with Gasteiger partial charge in [0.25, 0.3) is 0 Å². The molecule has 0 unspecified atom stereocenters. The second-order valence-electron chi connectivity index (χ2n) is 5.01. The van der Waals surface area contributed by atoms with Crippen LogP contribution in [0.5, 0.6) is 0 Å². The Bertz CT molecular complexity index is 316. The Labute approximate surface area is 109 Å². The highest BCUT2D eigenvalue weighted by atomic mass is 32.1. The molecular weight excluding hydrogens is 228 g/mol. The first-order valence-corrected chi connectivity index (χ1v) is 7.68. The summed E-state index contributed by atoms with van der Waals surface area (Å²) in [4.78, 5) is 1.54. The highest BCUT2D eigenvalue weighted by Crippen LogP contribution is 2.16. The van der Waals surface area contributed by atoms with Crippen molar-refractivity contribution < 1.29 is 0 Å². The van der Waals surface area contributed by atoms with Gasteiger partial charge in [-0.1, -0.05) is 0 Å². The van der Waals surface area contributed by atoms with Gasteiger partial charge >= 0.3 is 0 Å². The first kappa shape index (κ1) is 13.1. The van der Waals surface area contributed by atoms with E-state index < -0.39 is 0 Å². The van der Waals surface area contributed by atoms with Crippen LogP contribution in [0.4, 0.5) is 0 Å². The van der Waals surface area contributed by atoms with Crippen LogP contribution < -0.4 is 10.6 Å². The lowest BCUT2D eigenvalue weighted by Gasteiger charge is -2.22. The number of hydrogen-bond donors (Lipinski definition) is 2. The second-order valence-corrected chi connectivity index (χ2v) is 6.01. The minimum absolute atomic E-state index is 0.951. The Morgan fingerprint density at radius 2 is 2.18 bits per heavy atom. The van der Waals surface area contributed by atoms with Crippen molar-refractivity contribution in [3.05, 3.63) is 21.9 Å². The maximum Gasteiger partial charge on any atom is 0.00870 e. The maximum absolute atomic E-state index is 3.58. The highest BCUT2D eigenvalue weighted by Gasteiger charge is 2.11. The molecule has 0 bridgehead atoms. The topological polar surface area (TPSA) is 24.1 Å². The van der Waals surface area contributed by atoms with E-state index in [9.17, 15) is 0 Å². The van der Waals surface area contributed by atoms with Crippen molar-refractivity contribution in [2.24, 2.45) is 5.92 Å². The van der Waals surface area contributed by atoms with Gasteiger partial charge in [0.1, 0.15) is 0 Å². The maximum atomic E-state index is 3.58. The van der Waals surface area contributed by atoms with Gasteiger partial charge in [0.05, 0.1) is 0 Å². The van der Waals surface area contributed by atoms with Gasteiger partial charge in [-0.3, -0.25) is 0 Å². The summed E-state index contributed by atoms with van der Waals surface area (Å²) in [6, 6.07) is 2.22. The van der Waals surface area contributed by atoms with Gasteiger partial charge in [-0.05, 0) is 81.7 Å². The zero-order chi connectivity index (χ0) is 11.9. The quantitative estimate of drug-likeness (QED) is 0.760. The predicted molar refractivity (Wildman–Crippen MR) is 75.8 cm³/mol. The summed E-state index contributed by atoms with van der Waals surface area (Å²) in [5.74, 6) is 0.951. The minimum atomic E-state index is 0.951. The highest BCUT2D eigenvalue weighted by molar-refractivity contribution is 7.10. The molecule has 0 aliphatic carbocycles. The van der Waals surface area contributed by atoms with Crippen molar-refractivity contribution in [2.75, 3.05) is 26.2 Å². The standard InChI is InChI=1S/C14H24N2S/c1-12-6-11-17-14(12)5-10-16-9-4-13-2-7-15-8-3-13/h6,11,13,15-16H,2-5,7-10H2,1H3. The van der Waals surface area contributed by atoms with Crippen molar-refractivity contribution in [2.45, 2.75) is 32.6 Å². The number of rotatable bonds is 6. The molecule has 17 heavy (non-hydrogen) atoms. The van der Waals surface area contributed by atoms with E-state index in [1.165, 1.54) is 50.9 Å². The normalized spacial score (nSPS) is 17.5. The van der Waals surface area contributed by atoms with Gasteiger partial charge in [0.15, 0.2) is 0 Å². The zero-order valence-electron chi connectivity index (χ0n) is 10.8. The van der Waals surface area contributed by atoms with Crippen LogP contribution in [0.3, 0.4) is 0 Å². The Morgan fingerprint density at radius 3 is 2.88 bits per heavy atom. The average molecular weight is 252 g/mol. The summed E-state index contributed by atoms with van der Waals surface area (Å²) in [6.07, 6.45) is 5.28. The first-order valence-electron chi connectivity index (χ1n) is 6.80. The Kier molecular flexibility index (Phi) is 5.49. The van der Waals surface area contributed by atoms with Gasteiger partial charge in [0, 0.05) is 4.88 Å². The molecule has 2 N–H and O–H groups in total. The fourth-order valence-corrected chi connectivity index (χ4v) is 3.37. The van der Waals surface area contributed by atoms with E-state index in [1.807, 2.05) is 11.3 Å². The molecule has 3 heteroatoms. The van der Waals surface area contributed by atoms with Crippen LogP contribution in [-0.4, -0.2) is 26.2 Å². The zero-order valence-corrected chi connectivity index (χ0v) is 11.6. The van der Waals surface area contributed by atoms with E-state index in [2.05, 4.69) is 29.0 Å². The van der Waals surface area contributed by atoms with Crippen LogP contribution in [0, 0.1) is 12.8 Å². The van der Waals surface area contributed by atoms with Gasteiger partial charge in [-0.2, -0.15) is 0 Å². The molecule has 1 saturated heterocycles. The molecule has 2 rings (SSSR count). The summed E-state index contributed by atoms with van der Waals surface area (Å²) >= 11 is 1.89. The molecular formula is C14H24N2S. The molecule has 2 heterocycles. The smallest absolute Gasteiger partial charge is 0.00870 e. The molecule has 0 spiro atoms. The lowest BCUT2D eigenvalue weighted by atomic mass is 9.95. The van der Waals surface area contributed by atoms with Crippen molar-refractivity contribution in [3.8, 4) is 0 Å². The molecule has 1 aliphatic heterocycles. The molecule has 0 radical (unpaired) electrons. The molecule has 96 valence electrons. The molecule has 0 saturated carbocycles. The van der Waals surface area contributed by atoms with E-state index in [1.54, 1.807) is 4.88 Å². The summed E-state index contributed by atoms with van der Waals surface area (Å²) in [5.41, 5.74) is 1.45. The van der Waals surface area contributed by atoms with Gasteiger partial charge in [0.2, 0.25) is 0 Å². The molecule has 1 fully saturated rings. The van der Waals surface area contributed by atoms with Crippen LogP contribution in [0.15, 0.2) is 11.4 Å². The van der Waals surface area contributed by atoms with Gasteiger partial charge < -0.3 is 10.6 Å². The number of hydrogen-bond acceptors (Lipinski definition) is 3. The van der Waals surface area contributed by atoms with E-state index in [4.69, 9.17) is 0 Å². The summed E-state index contributed by atoms with van der Waals surface area (Å²) in [6.45, 7) is 6.97. The predicted octanol–water partition coefficient (Wildman–Crippen LogP) is 2.58. The van der Waals surface area contributed by atoms with Gasteiger partial charge in [-0.25, -0.2) is 0 Å². The average Bonchev–Trinajstić information content (AvgIpc) is 2.76. The van der Waals surface area contributed by atoms with Crippen LogP contribution >= 0.6 is 11.3 Å². The van der Waals surface area contributed by atoms with Crippen molar-refractivity contribution >= 4 is 11.3 Å². The molecule has 0 atom stereocenters. The van der Waals surface area contributed by atoms with Crippen molar-refractivity contribution in [1.82, 2.24) is 10.6 Å². The minimum Gasteiger partial charge on any atom is -0.317 e. The monoisotopic (exact) mass is 252 g/mol. The summed E-state index contributed by atoms with van der Waals surface area (Å²) in [5, 5.41) is 9.20. The van der Waals surface area contributed by atoms with Crippen LogP contribution in [-0.2, 0) is 6.42 Å². The van der Waals surface area contributed by atoms with Crippen LogP contribution in [0.2, 0.25) is 0 Å². The Balaban J connectivity index is 1.53. The summed E-state index contributed by atoms with van der Waals surface area (Å²) in [7, 11) is 0. The number of piperidine rings is 1. The fraction of sp³-hybridized carbons (Fsp3) is 0.714. The molecule has 2 nitrogen and oxygen atoms in total. The molecule has 0 aromatic carbocycles. The Hall–Kier alpha value is -0.380. The van der Waals surface area contributed by atoms with Crippen LogP contribution in [0.1, 0.15) is 29.7 Å². The third-order valence-corrected chi connectivity index (χ3v) is 4.77. The lowest BCUT2D eigenvalue weighted by molar-refractivity contribution is 0.349. The fourth-order valence-electron chi connectivity index (χ4n) is 2.46. The molecule has 1 aromatic heterocycles. The molecule has 1 aromatic rings. The number of thiophene rings is 1. The van der Waals surface area contributed by atoms with Gasteiger partial charge in [-0.15, -0.1) is 11.3 Å². The van der Waals surface area contributed by atoms with E-state index in [0.29, 0.717) is 0 Å². The third-order valence-electron chi connectivity index (χ3n) is 3.69. The molecule has 0 amide bonds. The van der Waals surface area contributed by atoms with Crippen molar-refractivity contribution in [1.29, 1.82) is 0 Å². The number of nitrogens with one attached hydrogen (secondary N) is 2. The van der Waals surface area contributed by atoms with Crippen LogP contribution in [0.25, 0.3) is 0 Å². The SMILES string of the molecule is Cc1ccsc1CCNCCC1CCNCC1. The first-order chi connectivity index (χ1) is 8.36. The largest absolute Gasteiger partial charge is 0.317 e. The van der Waals surface area contributed by atoms with E-state index in [0.717, 1.165) is 12.5 Å². The Morgan fingerprint density at radius 1 is 1.35 bits per heavy atom. The lowest BCUT2D eigenvalue weighted by Crippen LogP contribution is -2.30. The van der Waals surface area contributed by atoms with E-state index in [-0.39, 0.29) is 0 Å². The summed E-state index contributed by atoms with van der Waals surface area (Å²) < 4.78 is 0.